The number of carbonyl (C=O) groups is 3. The molecule has 3 rings (SSSR count). The number of ether oxygens (including phenoxy) is 9. The van der Waals surface area contributed by atoms with E-state index in [2.05, 4.69) is 15.1 Å². The molecular formula is C38H70N4O12. The maximum absolute atomic E-state index is 12.5. The first-order valence-electron chi connectivity index (χ1n) is 20.1. The summed E-state index contributed by atoms with van der Waals surface area (Å²) < 4.78 is 51.0. The van der Waals surface area contributed by atoms with Crippen LogP contribution in [0.2, 0.25) is 0 Å². The SMILES string of the molecule is CCOC(=O)CN(CCN(CCN(CC1OC(C)O1)CC1OC(C)O1)C(CCCCCCCCCNC(=O)OC(C)(C)C)C1OC(C)O1)CC(=O)OCC. The van der Waals surface area contributed by atoms with Crippen molar-refractivity contribution in [2.24, 2.45) is 0 Å². The first kappa shape index (κ1) is 46.2. The number of unbranched alkanes of at least 4 members (excludes halogenated alkanes) is 6. The Bertz CT molecular complexity index is 1040. The van der Waals surface area contributed by atoms with Gasteiger partial charge in [0.1, 0.15) is 5.60 Å². The third-order valence-electron chi connectivity index (χ3n) is 9.19. The number of carbonyl (C=O) groups excluding carboxylic acids is 3. The van der Waals surface area contributed by atoms with Crippen LogP contribution < -0.4 is 5.32 Å². The average molecular weight is 775 g/mol. The average Bonchev–Trinajstić information content (AvgIpc) is 3.04. The van der Waals surface area contributed by atoms with Gasteiger partial charge < -0.3 is 47.9 Å². The molecule has 0 aromatic heterocycles. The van der Waals surface area contributed by atoms with E-state index in [0.29, 0.717) is 45.8 Å². The number of hydrogen-bond donors (Lipinski definition) is 1. The number of rotatable bonds is 28. The molecule has 1 amide bonds. The molecule has 0 aromatic rings. The van der Waals surface area contributed by atoms with Gasteiger partial charge in [-0.25, -0.2) is 4.79 Å². The number of nitrogens with zero attached hydrogens (tertiary/aromatic N) is 3. The molecule has 314 valence electrons. The summed E-state index contributed by atoms with van der Waals surface area (Å²) in [5.41, 5.74) is -0.497. The molecular weight excluding hydrogens is 704 g/mol. The summed E-state index contributed by atoms with van der Waals surface area (Å²) in [6, 6.07) is -0.0542. The Labute approximate surface area is 323 Å². The highest BCUT2D eigenvalue weighted by atomic mass is 16.9. The summed E-state index contributed by atoms with van der Waals surface area (Å²) in [6.07, 6.45) is 6.04. The minimum absolute atomic E-state index is 0.0229. The summed E-state index contributed by atoms with van der Waals surface area (Å²) in [5, 5.41) is 2.83. The Balaban J connectivity index is 1.60. The lowest BCUT2D eigenvalue weighted by Crippen LogP contribution is -2.58. The zero-order valence-electron chi connectivity index (χ0n) is 34.2. The molecule has 16 nitrogen and oxygen atoms in total. The van der Waals surface area contributed by atoms with Crippen molar-refractivity contribution in [2.45, 2.75) is 156 Å². The van der Waals surface area contributed by atoms with Crippen LogP contribution in [0.5, 0.6) is 0 Å². The molecule has 0 spiro atoms. The quantitative estimate of drug-likeness (QED) is 0.0686. The number of nitrogens with one attached hydrogen (secondary N) is 1. The fourth-order valence-corrected chi connectivity index (χ4v) is 6.63. The highest BCUT2D eigenvalue weighted by Gasteiger charge is 2.39. The van der Waals surface area contributed by atoms with Crippen LogP contribution in [0, 0.1) is 0 Å². The summed E-state index contributed by atoms with van der Waals surface area (Å²) in [7, 11) is 0. The number of hydrogen-bond acceptors (Lipinski definition) is 15. The highest BCUT2D eigenvalue weighted by Crippen LogP contribution is 2.27. The molecule has 0 saturated carbocycles. The third-order valence-corrected chi connectivity index (χ3v) is 9.19. The van der Waals surface area contributed by atoms with E-state index in [4.69, 9.17) is 42.6 Å². The lowest BCUT2D eigenvalue weighted by atomic mass is 10.0. The molecule has 54 heavy (non-hydrogen) atoms. The van der Waals surface area contributed by atoms with E-state index >= 15 is 0 Å². The van der Waals surface area contributed by atoms with Gasteiger partial charge in [0.15, 0.2) is 37.7 Å². The van der Waals surface area contributed by atoms with Gasteiger partial charge >= 0.3 is 18.0 Å². The summed E-state index contributed by atoms with van der Waals surface area (Å²) in [4.78, 5) is 43.3. The van der Waals surface area contributed by atoms with Crippen molar-refractivity contribution in [3.8, 4) is 0 Å². The minimum atomic E-state index is -0.497. The van der Waals surface area contributed by atoms with Crippen molar-refractivity contribution >= 4 is 18.0 Å². The molecule has 3 heterocycles. The van der Waals surface area contributed by atoms with E-state index in [9.17, 15) is 14.4 Å². The van der Waals surface area contributed by atoms with Crippen molar-refractivity contribution in [1.82, 2.24) is 20.0 Å². The molecule has 1 unspecified atom stereocenters. The topological polar surface area (TPSA) is 156 Å². The van der Waals surface area contributed by atoms with E-state index in [1.807, 2.05) is 41.5 Å². The zero-order chi connectivity index (χ0) is 39.5. The van der Waals surface area contributed by atoms with Crippen LogP contribution in [-0.4, -0.2) is 154 Å². The lowest BCUT2D eigenvalue weighted by molar-refractivity contribution is -0.394. The number of amides is 1. The van der Waals surface area contributed by atoms with Crippen LogP contribution >= 0.6 is 0 Å². The number of esters is 2. The Kier molecular flexibility index (Phi) is 21.0. The molecule has 0 radical (unpaired) electrons. The van der Waals surface area contributed by atoms with E-state index < -0.39 is 11.9 Å². The maximum Gasteiger partial charge on any atom is 0.407 e. The summed E-state index contributed by atoms with van der Waals surface area (Å²) in [6.45, 7) is 19.2. The molecule has 3 saturated heterocycles. The zero-order valence-corrected chi connectivity index (χ0v) is 34.2. The third kappa shape index (κ3) is 18.7. The summed E-state index contributed by atoms with van der Waals surface area (Å²) >= 11 is 0. The van der Waals surface area contributed by atoms with Gasteiger partial charge in [-0.3, -0.25) is 24.3 Å². The summed E-state index contributed by atoms with van der Waals surface area (Å²) in [5.74, 6) is -0.779. The van der Waals surface area contributed by atoms with Gasteiger partial charge in [0, 0.05) is 32.7 Å². The first-order chi connectivity index (χ1) is 25.7. The van der Waals surface area contributed by atoms with E-state index in [1.165, 1.54) is 0 Å². The molecule has 1 atom stereocenters. The molecule has 1 N–H and O–H groups in total. The van der Waals surface area contributed by atoms with Gasteiger partial charge in [0.25, 0.3) is 0 Å². The standard InChI is InChI=1S/C38H70N4O12/c1-9-46-32(43)24-40(25-33(44)47-10-2)20-22-42(23-21-41(26-34-48-28(3)49-34)27-35-50-29(4)51-35)31(36-52-30(5)53-36)18-16-14-12-11-13-15-17-19-39-37(45)54-38(6,7)8/h28-31,34-36H,9-27H2,1-8H3,(H,39,45). The van der Waals surface area contributed by atoms with E-state index in [0.717, 1.165) is 51.4 Å². The second kappa shape index (κ2) is 24.5. The Morgan fingerprint density at radius 3 is 1.57 bits per heavy atom. The lowest BCUT2D eigenvalue weighted by Gasteiger charge is -2.45. The highest BCUT2D eigenvalue weighted by molar-refractivity contribution is 5.75. The normalized spacial score (nSPS) is 24.4. The second-order valence-electron chi connectivity index (χ2n) is 15.1. The Morgan fingerprint density at radius 2 is 1.11 bits per heavy atom. The first-order valence-corrected chi connectivity index (χ1v) is 20.1. The van der Waals surface area contributed by atoms with Gasteiger partial charge in [-0.05, 0) is 68.2 Å². The largest absolute Gasteiger partial charge is 0.465 e. The predicted octanol–water partition coefficient (Wildman–Crippen LogP) is 4.19. The van der Waals surface area contributed by atoms with Gasteiger partial charge in [-0.1, -0.05) is 38.5 Å². The fraction of sp³-hybridized carbons (Fsp3) is 0.921. The number of alkyl carbamates (subject to hydrolysis) is 1. The molecule has 16 heteroatoms. The molecule has 0 aromatic carbocycles. The van der Waals surface area contributed by atoms with Gasteiger partial charge in [0.05, 0.1) is 45.4 Å². The van der Waals surface area contributed by atoms with E-state index in [1.54, 1.807) is 18.7 Å². The monoisotopic (exact) mass is 774 g/mol. The van der Waals surface area contributed by atoms with Gasteiger partial charge in [0.2, 0.25) is 0 Å². The predicted molar refractivity (Wildman–Crippen MR) is 199 cm³/mol. The van der Waals surface area contributed by atoms with Crippen molar-refractivity contribution in [2.75, 3.05) is 72.1 Å². The fourth-order valence-electron chi connectivity index (χ4n) is 6.63. The van der Waals surface area contributed by atoms with Crippen molar-refractivity contribution in [3.63, 3.8) is 0 Å². The van der Waals surface area contributed by atoms with Gasteiger partial charge in [-0.2, -0.15) is 0 Å². The van der Waals surface area contributed by atoms with Crippen molar-refractivity contribution in [1.29, 1.82) is 0 Å². The van der Waals surface area contributed by atoms with Crippen molar-refractivity contribution in [3.05, 3.63) is 0 Å². The Morgan fingerprint density at radius 1 is 0.648 bits per heavy atom. The molecule has 0 bridgehead atoms. The minimum Gasteiger partial charge on any atom is -0.465 e. The van der Waals surface area contributed by atoms with Crippen LogP contribution in [0.4, 0.5) is 4.79 Å². The smallest absolute Gasteiger partial charge is 0.407 e. The van der Waals surface area contributed by atoms with Crippen molar-refractivity contribution < 1.29 is 57.0 Å². The van der Waals surface area contributed by atoms with Gasteiger partial charge in [-0.15, -0.1) is 0 Å². The maximum atomic E-state index is 12.5. The molecule has 3 aliphatic heterocycles. The molecule has 0 aliphatic carbocycles. The van der Waals surface area contributed by atoms with Crippen LogP contribution in [0.1, 0.15) is 107 Å². The van der Waals surface area contributed by atoms with Crippen LogP contribution in [0.3, 0.4) is 0 Å². The molecule has 3 aliphatic rings. The van der Waals surface area contributed by atoms with E-state index in [-0.39, 0.29) is 81.8 Å². The second-order valence-corrected chi connectivity index (χ2v) is 15.1. The molecule has 3 fully saturated rings. The van der Waals surface area contributed by atoms with Crippen LogP contribution in [-0.2, 0) is 52.2 Å². The van der Waals surface area contributed by atoms with Crippen LogP contribution in [0.25, 0.3) is 0 Å². The van der Waals surface area contributed by atoms with Crippen LogP contribution in [0.15, 0.2) is 0 Å². The Hall–Kier alpha value is -2.15.